The molecule has 0 unspecified atom stereocenters. The van der Waals surface area contributed by atoms with Crippen LogP contribution in [0.15, 0.2) is 48.5 Å². The van der Waals surface area contributed by atoms with Crippen LogP contribution in [0.5, 0.6) is 11.5 Å². The van der Waals surface area contributed by atoms with Crippen LogP contribution >= 0.6 is 0 Å². The average molecular weight is 497 g/mol. The second-order valence-electron chi connectivity index (χ2n) is 9.24. The number of rotatable bonds is 6. The third-order valence-electron chi connectivity index (χ3n) is 6.90. The first-order chi connectivity index (χ1) is 17.6. The number of benzene rings is 2. The summed E-state index contributed by atoms with van der Waals surface area (Å²) in [6.07, 6.45) is 0.657. The van der Waals surface area contributed by atoms with Gasteiger partial charge in [-0.25, -0.2) is 4.79 Å². The molecule has 0 spiro atoms. The molecule has 3 atom stereocenters. The van der Waals surface area contributed by atoms with Gasteiger partial charge in [0, 0.05) is 43.6 Å². The van der Waals surface area contributed by atoms with Crippen molar-refractivity contribution >= 4 is 23.3 Å². The number of aliphatic hydroxyl groups excluding tert-OH is 1. The van der Waals surface area contributed by atoms with E-state index in [1.807, 2.05) is 23.1 Å². The molecule has 0 saturated carbocycles. The van der Waals surface area contributed by atoms with Crippen molar-refractivity contribution in [3.05, 3.63) is 48.5 Å². The van der Waals surface area contributed by atoms with Gasteiger partial charge in [-0.15, -0.1) is 0 Å². The van der Waals surface area contributed by atoms with Crippen LogP contribution in [-0.4, -0.2) is 79.8 Å². The van der Waals surface area contributed by atoms with E-state index in [9.17, 15) is 14.7 Å². The van der Waals surface area contributed by atoms with E-state index in [4.69, 9.17) is 14.2 Å². The highest BCUT2D eigenvalue weighted by Gasteiger charge is 2.34. The van der Waals surface area contributed by atoms with E-state index in [2.05, 4.69) is 27.7 Å². The first-order valence-corrected chi connectivity index (χ1v) is 12.4. The summed E-state index contributed by atoms with van der Waals surface area (Å²) >= 11 is 0. The van der Waals surface area contributed by atoms with Gasteiger partial charge in [-0.05, 0) is 37.1 Å². The number of fused-ring (bicyclic) bond motifs is 1. The van der Waals surface area contributed by atoms with E-state index in [0.717, 1.165) is 13.1 Å². The minimum absolute atomic E-state index is 0.0661. The molecule has 10 nitrogen and oxygen atoms in total. The fourth-order valence-electron chi connectivity index (χ4n) is 4.93. The Morgan fingerprint density at radius 3 is 2.53 bits per heavy atom. The molecular weight excluding hydrogens is 464 g/mol. The Labute approximate surface area is 210 Å². The van der Waals surface area contributed by atoms with E-state index in [1.165, 1.54) is 5.69 Å². The van der Waals surface area contributed by atoms with Crippen molar-refractivity contribution in [1.29, 1.82) is 0 Å². The van der Waals surface area contributed by atoms with Crippen molar-refractivity contribution in [3.8, 4) is 11.5 Å². The van der Waals surface area contributed by atoms with E-state index < -0.39 is 12.1 Å². The van der Waals surface area contributed by atoms with Gasteiger partial charge in [0.2, 0.25) is 12.7 Å². The zero-order valence-corrected chi connectivity index (χ0v) is 20.1. The van der Waals surface area contributed by atoms with E-state index >= 15 is 0 Å². The number of urea groups is 1. The van der Waals surface area contributed by atoms with Crippen molar-refractivity contribution in [2.24, 2.45) is 0 Å². The van der Waals surface area contributed by atoms with Crippen LogP contribution in [0, 0.1) is 0 Å². The van der Waals surface area contributed by atoms with E-state index in [1.54, 1.807) is 18.2 Å². The monoisotopic (exact) mass is 496 g/mol. The molecule has 0 aromatic heterocycles. The number of para-hydroxylation sites is 1. The third kappa shape index (κ3) is 5.66. The highest BCUT2D eigenvalue weighted by atomic mass is 16.7. The lowest BCUT2D eigenvalue weighted by Crippen LogP contribution is -2.53. The summed E-state index contributed by atoms with van der Waals surface area (Å²) in [4.78, 5) is 29.6. The standard InChI is InChI=1S/C26H32N4O6/c31-16-24-21(28-26(33)27-18-6-9-22-23(14-18)35-17-34-22)8-7-20(36-24)15-25(32)30-12-10-29(11-13-30)19-4-2-1-3-5-19/h1-6,9,14,20-21,24,31H,7-8,10-13,15-17H2,(H2,27,28,33)/t20-,21+,24-/m0/s1. The number of aliphatic hydroxyl groups is 1. The summed E-state index contributed by atoms with van der Waals surface area (Å²) in [6, 6.07) is 14.6. The number of piperazine rings is 1. The number of hydrogen-bond donors (Lipinski definition) is 3. The van der Waals surface area contributed by atoms with Gasteiger partial charge in [0.1, 0.15) is 6.10 Å². The molecule has 192 valence electrons. The minimum Gasteiger partial charge on any atom is -0.454 e. The second-order valence-corrected chi connectivity index (χ2v) is 9.24. The predicted molar refractivity (Wildman–Crippen MR) is 133 cm³/mol. The van der Waals surface area contributed by atoms with Crippen LogP contribution in [0.3, 0.4) is 0 Å². The molecule has 3 heterocycles. The topological polar surface area (TPSA) is 113 Å². The lowest BCUT2D eigenvalue weighted by molar-refractivity contribution is -0.140. The van der Waals surface area contributed by atoms with Crippen molar-refractivity contribution in [2.45, 2.75) is 37.5 Å². The maximum Gasteiger partial charge on any atom is 0.319 e. The smallest absolute Gasteiger partial charge is 0.319 e. The van der Waals surface area contributed by atoms with Crippen LogP contribution in [0.4, 0.5) is 16.2 Å². The Morgan fingerprint density at radius 2 is 1.75 bits per heavy atom. The molecule has 0 radical (unpaired) electrons. The molecule has 10 heteroatoms. The number of nitrogens with one attached hydrogen (secondary N) is 2. The Kier molecular flexibility index (Phi) is 7.43. The quantitative estimate of drug-likeness (QED) is 0.562. The summed E-state index contributed by atoms with van der Waals surface area (Å²) in [5.74, 6) is 1.29. The van der Waals surface area contributed by atoms with Crippen molar-refractivity contribution < 1.29 is 28.9 Å². The van der Waals surface area contributed by atoms with Crippen molar-refractivity contribution in [3.63, 3.8) is 0 Å². The van der Waals surface area contributed by atoms with Gasteiger partial charge in [0.25, 0.3) is 0 Å². The highest BCUT2D eigenvalue weighted by Crippen LogP contribution is 2.34. The Morgan fingerprint density at radius 1 is 0.972 bits per heavy atom. The summed E-state index contributed by atoms with van der Waals surface area (Å²) < 4.78 is 16.6. The van der Waals surface area contributed by atoms with Crippen molar-refractivity contribution in [2.75, 3.05) is 49.8 Å². The largest absolute Gasteiger partial charge is 0.454 e. The molecule has 36 heavy (non-hydrogen) atoms. The van der Waals surface area contributed by atoms with Gasteiger partial charge in [-0.2, -0.15) is 0 Å². The molecule has 3 amide bonds. The molecule has 3 N–H and O–H groups in total. The van der Waals surface area contributed by atoms with Gasteiger partial charge in [0.05, 0.1) is 25.2 Å². The number of carbonyl (C=O) groups excluding carboxylic acids is 2. The van der Waals surface area contributed by atoms with Crippen molar-refractivity contribution in [1.82, 2.24) is 10.2 Å². The zero-order chi connectivity index (χ0) is 24.9. The zero-order valence-electron chi connectivity index (χ0n) is 20.1. The van der Waals surface area contributed by atoms with E-state index in [0.29, 0.717) is 43.1 Å². The third-order valence-corrected chi connectivity index (χ3v) is 6.90. The first-order valence-electron chi connectivity index (χ1n) is 12.4. The molecule has 3 aliphatic heterocycles. The van der Waals surface area contributed by atoms with E-state index in [-0.39, 0.29) is 37.9 Å². The van der Waals surface area contributed by atoms with Crippen LogP contribution < -0.4 is 25.0 Å². The number of nitrogens with zero attached hydrogens (tertiary/aromatic N) is 2. The minimum atomic E-state index is -0.575. The number of hydrogen-bond acceptors (Lipinski definition) is 7. The number of anilines is 2. The Bertz CT molecular complexity index is 1060. The molecule has 0 bridgehead atoms. The fourth-order valence-corrected chi connectivity index (χ4v) is 4.93. The summed E-state index contributed by atoms with van der Waals surface area (Å²) in [6.45, 7) is 2.86. The number of amides is 3. The molecule has 0 aliphatic carbocycles. The number of carbonyl (C=O) groups is 2. The molecule has 2 saturated heterocycles. The van der Waals surface area contributed by atoms with Crippen LogP contribution in [-0.2, 0) is 9.53 Å². The first kappa shape index (κ1) is 24.2. The molecule has 2 aromatic rings. The van der Waals surface area contributed by atoms with Gasteiger partial charge in [-0.3, -0.25) is 4.79 Å². The summed E-state index contributed by atoms with van der Waals surface area (Å²) in [5, 5.41) is 15.5. The normalized spacial score (nSPS) is 23.3. The maximum absolute atomic E-state index is 12.9. The molecule has 5 rings (SSSR count). The average Bonchev–Trinajstić information content (AvgIpc) is 3.38. The SMILES string of the molecule is O=C(Nc1ccc2c(c1)OCO2)N[C@@H]1CC[C@@H](CC(=O)N2CCN(c3ccccc3)CC2)O[C@H]1CO. The fraction of sp³-hybridized carbons (Fsp3) is 0.462. The molecule has 2 fully saturated rings. The van der Waals surface area contributed by atoms with Gasteiger partial charge in [-0.1, -0.05) is 18.2 Å². The Hall–Kier alpha value is -3.50. The number of ether oxygens (including phenoxy) is 3. The molecule has 3 aliphatic rings. The maximum atomic E-state index is 12.9. The lowest BCUT2D eigenvalue weighted by Gasteiger charge is -2.38. The Balaban J connectivity index is 1.07. The van der Waals surface area contributed by atoms with Gasteiger partial charge >= 0.3 is 6.03 Å². The highest BCUT2D eigenvalue weighted by molar-refractivity contribution is 5.90. The second kappa shape index (κ2) is 11.0. The van der Waals surface area contributed by atoms with Crippen LogP contribution in [0.25, 0.3) is 0 Å². The van der Waals surface area contributed by atoms with Crippen LogP contribution in [0.1, 0.15) is 19.3 Å². The summed E-state index contributed by atoms with van der Waals surface area (Å²) in [7, 11) is 0. The predicted octanol–water partition coefficient (Wildman–Crippen LogP) is 2.18. The summed E-state index contributed by atoms with van der Waals surface area (Å²) in [5.41, 5.74) is 1.75. The molecular formula is C26H32N4O6. The lowest BCUT2D eigenvalue weighted by atomic mass is 9.97. The van der Waals surface area contributed by atoms with Gasteiger partial charge in [0.15, 0.2) is 11.5 Å². The van der Waals surface area contributed by atoms with Crippen LogP contribution in [0.2, 0.25) is 0 Å². The van der Waals surface area contributed by atoms with Gasteiger partial charge < -0.3 is 39.8 Å². The molecule has 2 aromatic carbocycles.